The van der Waals surface area contributed by atoms with Gasteiger partial charge < -0.3 is 0 Å². The fraction of sp³-hybridized carbons (Fsp3) is 0.308. The monoisotopic (exact) mass is 345 g/mol. The van der Waals surface area contributed by atoms with Gasteiger partial charge in [0.15, 0.2) is 0 Å². The number of rotatable bonds is 5. The van der Waals surface area contributed by atoms with Crippen molar-refractivity contribution in [3.8, 4) is 5.69 Å². The Balaban J connectivity index is 2.07. The molecule has 1 N–H and O–H groups in total. The Morgan fingerprint density at radius 2 is 2.05 bits per heavy atom. The Morgan fingerprint density at radius 1 is 1.38 bits per heavy atom. The van der Waals surface area contributed by atoms with Gasteiger partial charge in [0.2, 0.25) is 0 Å². The van der Waals surface area contributed by atoms with Gasteiger partial charge in [0.05, 0.1) is 21.9 Å². The lowest BCUT2D eigenvalue weighted by Crippen LogP contribution is -2.05. The molecule has 1 unspecified atom stereocenters. The van der Waals surface area contributed by atoms with Crippen LogP contribution in [0.1, 0.15) is 30.0 Å². The summed E-state index contributed by atoms with van der Waals surface area (Å²) in [7, 11) is -2.67. The van der Waals surface area contributed by atoms with Gasteiger partial charge in [-0.1, -0.05) is 29.3 Å². The van der Waals surface area contributed by atoms with Crippen LogP contribution in [0.3, 0.4) is 0 Å². The van der Waals surface area contributed by atoms with Crippen molar-refractivity contribution in [1.29, 1.82) is 0 Å². The molecule has 0 spiro atoms. The van der Waals surface area contributed by atoms with Gasteiger partial charge >= 0.3 is 8.25 Å². The number of nitrogens with zero attached hydrogens (tertiary/aromatic N) is 2. The van der Waals surface area contributed by atoms with Crippen LogP contribution < -0.4 is 0 Å². The molecule has 21 heavy (non-hydrogen) atoms. The van der Waals surface area contributed by atoms with Crippen LogP contribution in [0.5, 0.6) is 0 Å². The first-order valence-corrected chi connectivity index (χ1v) is 8.26. The van der Waals surface area contributed by atoms with E-state index in [1.165, 1.54) is 0 Å². The average molecular weight is 346 g/mol. The average Bonchev–Trinajstić information content (AvgIpc) is 3.18. The van der Waals surface area contributed by atoms with Crippen molar-refractivity contribution in [2.75, 3.05) is 0 Å². The van der Waals surface area contributed by atoms with Crippen LogP contribution >= 0.6 is 31.5 Å². The Kier molecular flexibility index (Phi) is 4.29. The first kappa shape index (κ1) is 14.9. The quantitative estimate of drug-likeness (QED) is 0.824. The molecule has 1 aromatic carbocycles. The van der Waals surface area contributed by atoms with Gasteiger partial charge in [-0.2, -0.15) is 5.10 Å². The van der Waals surface area contributed by atoms with E-state index in [0.29, 0.717) is 27.3 Å². The van der Waals surface area contributed by atoms with Crippen LogP contribution in [0.2, 0.25) is 10.0 Å². The highest BCUT2D eigenvalue weighted by Gasteiger charge is 2.31. The second-order valence-electron chi connectivity index (χ2n) is 4.81. The Morgan fingerprint density at radius 3 is 2.62 bits per heavy atom. The number of hydrogen-bond acceptors (Lipinski definition) is 3. The Bertz CT molecular complexity index is 680. The zero-order valence-corrected chi connectivity index (χ0v) is 13.3. The summed E-state index contributed by atoms with van der Waals surface area (Å²) in [6.45, 7) is -0.0148. The molecule has 1 heterocycles. The molecule has 3 rings (SSSR count). The number of para-hydroxylation sites is 1. The van der Waals surface area contributed by atoms with E-state index in [1.54, 1.807) is 29.1 Å². The molecule has 1 saturated carbocycles. The second kappa shape index (κ2) is 6.03. The summed E-state index contributed by atoms with van der Waals surface area (Å²) >= 11 is 12.4. The largest absolute Gasteiger partial charge is 0.695 e. The predicted molar refractivity (Wildman–Crippen MR) is 80.2 cm³/mol. The lowest BCUT2D eigenvalue weighted by molar-refractivity contribution is 0.265. The highest BCUT2D eigenvalue weighted by atomic mass is 35.5. The molecule has 0 bridgehead atoms. The topological polar surface area (TPSA) is 64.3 Å². The van der Waals surface area contributed by atoms with Crippen molar-refractivity contribution in [2.24, 2.45) is 0 Å². The van der Waals surface area contributed by atoms with E-state index in [9.17, 15) is 4.57 Å². The van der Waals surface area contributed by atoms with Crippen LogP contribution in [0.4, 0.5) is 0 Å². The molecule has 1 aliphatic rings. The smallest absolute Gasteiger partial charge is 0.232 e. The van der Waals surface area contributed by atoms with Crippen LogP contribution in [0.25, 0.3) is 5.69 Å². The fourth-order valence-electron chi connectivity index (χ4n) is 2.27. The minimum atomic E-state index is -2.67. The third kappa shape index (κ3) is 3.12. The second-order valence-corrected chi connectivity index (χ2v) is 6.36. The van der Waals surface area contributed by atoms with E-state index in [-0.39, 0.29) is 6.61 Å². The number of aromatic nitrogens is 2. The zero-order valence-electron chi connectivity index (χ0n) is 10.9. The molecule has 5 nitrogen and oxygen atoms in total. The van der Waals surface area contributed by atoms with Crippen LogP contribution in [0, 0.1) is 0 Å². The summed E-state index contributed by atoms with van der Waals surface area (Å²) in [5, 5.41) is 5.26. The normalized spacial score (nSPS) is 15.3. The standard InChI is InChI=1S/C13H11Cl2N2O3P/c14-10-2-1-3-11(15)13(10)17-12(7-20-21(18)19)9(6-16-17)8-4-5-8/h1-3,6,8H,4-5,7H2/p+1. The Hall–Kier alpha value is -0.970. The molecular weight excluding hydrogens is 334 g/mol. The molecule has 1 aliphatic carbocycles. The third-order valence-corrected chi connectivity index (χ3v) is 4.34. The Labute approximate surface area is 132 Å². The number of hydrogen-bond donors (Lipinski definition) is 1. The van der Waals surface area contributed by atoms with E-state index < -0.39 is 8.25 Å². The van der Waals surface area contributed by atoms with Crippen molar-refractivity contribution >= 4 is 31.5 Å². The highest BCUT2D eigenvalue weighted by molar-refractivity contribution is 7.32. The summed E-state index contributed by atoms with van der Waals surface area (Å²) < 4.78 is 17.3. The van der Waals surface area contributed by atoms with Gasteiger partial charge in [0.1, 0.15) is 12.3 Å². The molecule has 110 valence electrons. The van der Waals surface area contributed by atoms with Gasteiger partial charge in [0.25, 0.3) is 0 Å². The van der Waals surface area contributed by atoms with Gasteiger partial charge in [0, 0.05) is 4.57 Å². The summed E-state index contributed by atoms with van der Waals surface area (Å²) in [4.78, 5) is 8.87. The summed E-state index contributed by atoms with van der Waals surface area (Å²) in [6, 6.07) is 5.19. The zero-order chi connectivity index (χ0) is 15.0. The van der Waals surface area contributed by atoms with Gasteiger partial charge in [-0.25, -0.2) is 4.68 Å². The molecule has 8 heteroatoms. The maximum Gasteiger partial charge on any atom is 0.695 e. The molecule has 0 saturated heterocycles. The van der Waals surface area contributed by atoms with E-state index in [4.69, 9.17) is 32.6 Å². The molecule has 0 amide bonds. The predicted octanol–water partition coefficient (Wildman–Crippen LogP) is 4.22. The first-order valence-electron chi connectivity index (χ1n) is 6.38. The molecule has 1 atom stereocenters. The minimum Gasteiger partial charge on any atom is -0.232 e. The molecule has 1 aromatic heterocycles. The first-order chi connectivity index (χ1) is 10.1. The lowest BCUT2D eigenvalue weighted by Gasteiger charge is -2.10. The van der Waals surface area contributed by atoms with Crippen molar-refractivity contribution in [1.82, 2.24) is 9.78 Å². The molecule has 2 aromatic rings. The number of benzene rings is 1. The lowest BCUT2D eigenvalue weighted by atomic mass is 10.1. The van der Waals surface area contributed by atoms with Gasteiger partial charge in [-0.05, 0) is 36.5 Å². The van der Waals surface area contributed by atoms with Crippen LogP contribution in [-0.4, -0.2) is 14.7 Å². The molecule has 0 aliphatic heterocycles. The van der Waals surface area contributed by atoms with Gasteiger partial charge in [-0.15, -0.1) is 9.42 Å². The van der Waals surface area contributed by atoms with Crippen molar-refractivity contribution in [2.45, 2.75) is 25.4 Å². The van der Waals surface area contributed by atoms with E-state index in [1.807, 2.05) is 0 Å². The van der Waals surface area contributed by atoms with Crippen molar-refractivity contribution < 1.29 is 14.0 Å². The molecule has 0 radical (unpaired) electrons. The molecular formula is C13H12Cl2N2O3P+. The van der Waals surface area contributed by atoms with Crippen molar-refractivity contribution in [3.05, 3.63) is 45.7 Å². The SMILES string of the molecule is O=[P+](O)OCc1c(C2CC2)cnn1-c1c(Cl)cccc1Cl. The molecule has 1 fully saturated rings. The van der Waals surface area contributed by atoms with Crippen LogP contribution in [0.15, 0.2) is 24.4 Å². The maximum absolute atomic E-state index is 10.8. The number of halogens is 2. The van der Waals surface area contributed by atoms with Crippen molar-refractivity contribution in [3.63, 3.8) is 0 Å². The summed E-state index contributed by atoms with van der Waals surface area (Å²) in [6.07, 6.45) is 3.92. The van der Waals surface area contributed by atoms with E-state index in [2.05, 4.69) is 5.10 Å². The fourth-order valence-corrected chi connectivity index (χ4v) is 3.06. The van der Waals surface area contributed by atoms with Gasteiger partial charge in [-0.3, -0.25) is 0 Å². The minimum absolute atomic E-state index is 0.0148. The summed E-state index contributed by atoms with van der Waals surface area (Å²) in [5.74, 6) is 0.426. The third-order valence-electron chi connectivity index (χ3n) is 3.38. The summed E-state index contributed by atoms with van der Waals surface area (Å²) in [5.41, 5.74) is 2.28. The highest BCUT2D eigenvalue weighted by Crippen LogP contribution is 2.43. The van der Waals surface area contributed by atoms with Crippen LogP contribution in [-0.2, 0) is 15.7 Å². The van der Waals surface area contributed by atoms with E-state index in [0.717, 1.165) is 18.4 Å². The van der Waals surface area contributed by atoms with E-state index >= 15 is 0 Å². The maximum atomic E-state index is 10.8.